The quantitative estimate of drug-likeness (QED) is 0.896. The maximum absolute atomic E-state index is 14.0. The lowest BCUT2D eigenvalue weighted by atomic mass is 9.95. The molecule has 1 heterocycles. The third kappa shape index (κ3) is 2.95. The molecule has 0 spiro atoms. The molecule has 0 saturated carbocycles. The molecule has 2 atom stereocenters. The van der Waals surface area contributed by atoms with Crippen LogP contribution in [0, 0.1) is 11.7 Å². The molecule has 1 aliphatic rings. The van der Waals surface area contributed by atoms with Crippen LogP contribution >= 0.6 is 0 Å². The normalized spacial score (nSPS) is 23.2. The zero-order valence-electron chi connectivity index (χ0n) is 12.4. The number of methoxy groups -OCH3 is 2. The Hall–Kier alpha value is -1.17. The van der Waals surface area contributed by atoms with E-state index in [2.05, 4.69) is 11.9 Å². The molecule has 0 bridgehead atoms. The minimum atomic E-state index is -0.327. The second kappa shape index (κ2) is 6.52. The monoisotopic (exact) mass is 282 g/mol. The largest absolute Gasteiger partial charge is 0.494 e. The molecule has 1 aromatic carbocycles. The summed E-state index contributed by atoms with van der Waals surface area (Å²) in [5, 5.41) is 0. The van der Waals surface area contributed by atoms with Gasteiger partial charge in [0.05, 0.1) is 13.7 Å². The number of likely N-dealkylation sites (tertiary alicyclic amines) is 1. The minimum Gasteiger partial charge on any atom is -0.494 e. The van der Waals surface area contributed by atoms with Gasteiger partial charge in [0.2, 0.25) is 0 Å². The summed E-state index contributed by atoms with van der Waals surface area (Å²) in [6.45, 7) is 2.06. The molecule has 1 aliphatic heterocycles. The second-order valence-electron chi connectivity index (χ2n) is 5.41. The van der Waals surface area contributed by atoms with E-state index in [0.717, 1.165) is 24.1 Å². The van der Waals surface area contributed by atoms with E-state index in [1.165, 1.54) is 7.11 Å². The van der Waals surface area contributed by atoms with Crippen molar-refractivity contribution in [2.45, 2.75) is 19.1 Å². The van der Waals surface area contributed by atoms with E-state index < -0.39 is 0 Å². The zero-order valence-corrected chi connectivity index (χ0v) is 12.4. The molecule has 5 heteroatoms. The predicted molar refractivity (Wildman–Crippen MR) is 76.2 cm³/mol. The van der Waals surface area contributed by atoms with E-state index in [1.807, 2.05) is 0 Å². The SMILES string of the molecule is COCc1cc(OC)c(F)cc1C1CC(CN)CN1C. The highest BCUT2D eigenvalue weighted by atomic mass is 19.1. The van der Waals surface area contributed by atoms with Gasteiger partial charge in [-0.15, -0.1) is 0 Å². The summed E-state index contributed by atoms with van der Waals surface area (Å²) in [6.07, 6.45) is 0.954. The fourth-order valence-electron chi connectivity index (χ4n) is 3.00. The standard InChI is InChI=1S/C15H23FN2O2/c1-18-8-10(7-17)4-14(18)12-6-13(16)15(20-3)5-11(12)9-19-2/h5-6,10,14H,4,7-9,17H2,1-3H3. The maximum atomic E-state index is 14.0. The van der Waals surface area contributed by atoms with Gasteiger partial charge in [-0.1, -0.05) is 0 Å². The van der Waals surface area contributed by atoms with E-state index in [-0.39, 0.29) is 17.6 Å². The fourth-order valence-corrected chi connectivity index (χ4v) is 3.00. The van der Waals surface area contributed by atoms with Gasteiger partial charge < -0.3 is 15.2 Å². The summed E-state index contributed by atoms with van der Waals surface area (Å²) in [4.78, 5) is 2.23. The van der Waals surface area contributed by atoms with Crippen molar-refractivity contribution in [3.63, 3.8) is 0 Å². The molecule has 1 saturated heterocycles. The van der Waals surface area contributed by atoms with Gasteiger partial charge in [0.1, 0.15) is 0 Å². The summed E-state index contributed by atoms with van der Waals surface area (Å²) in [5.41, 5.74) is 7.71. The van der Waals surface area contributed by atoms with Crippen molar-refractivity contribution < 1.29 is 13.9 Å². The van der Waals surface area contributed by atoms with Gasteiger partial charge in [-0.25, -0.2) is 4.39 Å². The first-order valence-electron chi connectivity index (χ1n) is 6.86. The highest BCUT2D eigenvalue weighted by molar-refractivity contribution is 5.39. The fraction of sp³-hybridized carbons (Fsp3) is 0.600. The average Bonchev–Trinajstić information content (AvgIpc) is 2.81. The first kappa shape index (κ1) is 15.2. The summed E-state index contributed by atoms with van der Waals surface area (Å²) >= 11 is 0. The van der Waals surface area contributed by atoms with Gasteiger partial charge >= 0.3 is 0 Å². The Balaban J connectivity index is 2.36. The molecule has 0 radical (unpaired) electrons. The van der Waals surface area contributed by atoms with E-state index in [1.54, 1.807) is 19.2 Å². The summed E-state index contributed by atoms with van der Waals surface area (Å²) in [7, 11) is 5.17. The van der Waals surface area contributed by atoms with Crippen molar-refractivity contribution in [3.05, 3.63) is 29.1 Å². The zero-order chi connectivity index (χ0) is 14.7. The molecule has 0 amide bonds. The van der Waals surface area contributed by atoms with Crippen LogP contribution in [0.1, 0.15) is 23.6 Å². The summed E-state index contributed by atoms with van der Waals surface area (Å²) in [6, 6.07) is 3.50. The van der Waals surface area contributed by atoms with Crippen molar-refractivity contribution in [2.24, 2.45) is 11.7 Å². The van der Waals surface area contributed by atoms with Crippen LogP contribution in [0.25, 0.3) is 0 Å². The van der Waals surface area contributed by atoms with Crippen molar-refractivity contribution in [2.75, 3.05) is 34.4 Å². The van der Waals surface area contributed by atoms with Crippen molar-refractivity contribution in [1.29, 1.82) is 0 Å². The summed E-state index contributed by atoms with van der Waals surface area (Å²) in [5.74, 6) is 0.398. The van der Waals surface area contributed by atoms with Gasteiger partial charge in [0, 0.05) is 19.7 Å². The van der Waals surface area contributed by atoms with Crippen molar-refractivity contribution in [3.8, 4) is 5.75 Å². The topological polar surface area (TPSA) is 47.7 Å². The smallest absolute Gasteiger partial charge is 0.165 e. The first-order valence-corrected chi connectivity index (χ1v) is 6.86. The van der Waals surface area contributed by atoms with Crippen LogP contribution in [0.15, 0.2) is 12.1 Å². The van der Waals surface area contributed by atoms with Gasteiger partial charge in [-0.2, -0.15) is 0 Å². The van der Waals surface area contributed by atoms with Gasteiger partial charge in [-0.05, 0) is 49.2 Å². The molecule has 112 valence electrons. The molecule has 1 fully saturated rings. The molecule has 4 nitrogen and oxygen atoms in total. The van der Waals surface area contributed by atoms with Crippen molar-refractivity contribution in [1.82, 2.24) is 4.90 Å². The van der Waals surface area contributed by atoms with E-state index in [4.69, 9.17) is 15.2 Å². The Labute approximate surface area is 119 Å². The molecule has 0 aromatic heterocycles. The van der Waals surface area contributed by atoms with Gasteiger partial charge in [0.25, 0.3) is 0 Å². The Morgan fingerprint density at radius 1 is 1.40 bits per heavy atom. The number of rotatable bonds is 5. The molecule has 0 aliphatic carbocycles. The first-order chi connectivity index (χ1) is 9.60. The lowest BCUT2D eigenvalue weighted by Crippen LogP contribution is -2.21. The van der Waals surface area contributed by atoms with Crippen LogP contribution in [-0.2, 0) is 11.3 Å². The number of hydrogen-bond acceptors (Lipinski definition) is 4. The van der Waals surface area contributed by atoms with Crippen LogP contribution in [0.5, 0.6) is 5.75 Å². The Bertz CT molecular complexity index is 467. The van der Waals surface area contributed by atoms with Gasteiger partial charge in [-0.3, -0.25) is 4.90 Å². The predicted octanol–water partition coefficient (Wildman–Crippen LogP) is 1.93. The van der Waals surface area contributed by atoms with E-state index in [0.29, 0.717) is 19.1 Å². The Kier molecular flexibility index (Phi) is 4.96. The lowest BCUT2D eigenvalue weighted by Gasteiger charge is -2.23. The Morgan fingerprint density at radius 2 is 2.15 bits per heavy atom. The number of halogens is 1. The van der Waals surface area contributed by atoms with E-state index in [9.17, 15) is 4.39 Å². The highest BCUT2D eigenvalue weighted by Crippen LogP contribution is 2.37. The highest BCUT2D eigenvalue weighted by Gasteiger charge is 2.31. The summed E-state index contributed by atoms with van der Waals surface area (Å²) < 4.78 is 24.3. The average molecular weight is 282 g/mol. The molecular formula is C15H23FN2O2. The van der Waals surface area contributed by atoms with Crippen LogP contribution in [0.2, 0.25) is 0 Å². The lowest BCUT2D eigenvalue weighted by molar-refractivity contribution is 0.181. The third-order valence-electron chi connectivity index (χ3n) is 4.04. The number of ether oxygens (including phenoxy) is 2. The molecule has 20 heavy (non-hydrogen) atoms. The number of hydrogen-bond donors (Lipinski definition) is 1. The molecule has 2 unspecified atom stereocenters. The molecule has 2 N–H and O–H groups in total. The van der Waals surface area contributed by atoms with Gasteiger partial charge in [0.15, 0.2) is 11.6 Å². The maximum Gasteiger partial charge on any atom is 0.165 e. The Morgan fingerprint density at radius 3 is 2.70 bits per heavy atom. The molecule has 2 rings (SSSR count). The van der Waals surface area contributed by atoms with Crippen LogP contribution in [0.4, 0.5) is 4.39 Å². The minimum absolute atomic E-state index is 0.189. The van der Waals surface area contributed by atoms with E-state index >= 15 is 0 Å². The van der Waals surface area contributed by atoms with Crippen LogP contribution in [0.3, 0.4) is 0 Å². The molecular weight excluding hydrogens is 259 g/mol. The van der Waals surface area contributed by atoms with Crippen LogP contribution < -0.4 is 10.5 Å². The van der Waals surface area contributed by atoms with Crippen LogP contribution in [-0.4, -0.2) is 39.3 Å². The number of benzene rings is 1. The number of nitrogens with two attached hydrogens (primary N) is 1. The van der Waals surface area contributed by atoms with Crippen molar-refractivity contribution >= 4 is 0 Å². The molecule has 1 aromatic rings. The second-order valence-corrected chi connectivity index (χ2v) is 5.41. The number of nitrogens with zero attached hydrogens (tertiary/aromatic N) is 1. The third-order valence-corrected chi connectivity index (χ3v) is 4.04.